The van der Waals surface area contributed by atoms with Gasteiger partial charge < -0.3 is 14.2 Å². The smallest absolute Gasteiger partial charge is 0.130 e. The van der Waals surface area contributed by atoms with Crippen molar-refractivity contribution in [3.8, 4) is 23.0 Å². The van der Waals surface area contributed by atoms with Crippen LogP contribution in [0.4, 0.5) is 0 Å². The summed E-state index contributed by atoms with van der Waals surface area (Å²) < 4.78 is 17.1. The Hall–Kier alpha value is -2.16. The van der Waals surface area contributed by atoms with Gasteiger partial charge in [-0.05, 0) is 66.8 Å². The van der Waals surface area contributed by atoms with Gasteiger partial charge in [0.25, 0.3) is 0 Å². The summed E-state index contributed by atoms with van der Waals surface area (Å²) in [5.41, 5.74) is 1.25. The van der Waals surface area contributed by atoms with Crippen LogP contribution in [-0.4, -0.2) is 13.7 Å². The lowest BCUT2D eigenvalue weighted by Crippen LogP contribution is -2.21. The van der Waals surface area contributed by atoms with Crippen LogP contribution in [0.5, 0.6) is 23.0 Å². The van der Waals surface area contributed by atoms with Crippen molar-refractivity contribution < 1.29 is 14.2 Å². The van der Waals surface area contributed by atoms with Gasteiger partial charge in [0.1, 0.15) is 23.0 Å². The van der Waals surface area contributed by atoms with E-state index in [2.05, 4.69) is 20.8 Å². The third kappa shape index (κ3) is 5.19. The van der Waals surface area contributed by atoms with Gasteiger partial charge in [-0.3, -0.25) is 0 Å². The van der Waals surface area contributed by atoms with Gasteiger partial charge in [0.2, 0.25) is 0 Å². The van der Waals surface area contributed by atoms with E-state index in [1.807, 2.05) is 49.4 Å². The van der Waals surface area contributed by atoms with E-state index in [9.17, 15) is 0 Å². The Balaban J connectivity index is 2.01. The molecule has 0 aromatic heterocycles. The maximum absolute atomic E-state index is 5.97. The summed E-state index contributed by atoms with van der Waals surface area (Å²) in [6.07, 6.45) is 2.33. The highest BCUT2D eigenvalue weighted by molar-refractivity contribution is 5.42. The Labute approximate surface area is 145 Å². The van der Waals surface area contributed by atoms with Crippen LogP contribution in [0.15, 0.2) is 42.5 Å². The van der Waals surface area contributed by atoms with Crippen molar-refractivity contribution in [3.63, 3.8) is 0 Å². The van der Waals surface area contributed by atoms with Gasteiger partial charge >= 0.3 is 0 Å². The molecule has 0 unspecified atom stereocenters. The van der Waals surface area contributed by atoms with Crippen LogP contribution < -0.4 is 14.2 Å². The second kappa shape index (κ2) is 8.09. The number of rotatable bonds is 8. The number of hydrogen-bond donors (Lipinski definition) is 0. The first kappa shape index (κ1) is 18.2. The quantitative estimate of drug-likeness (QED) is 0.594. The molecule has 0 bridgehead atoms. The first-order valence-corrected chi connectivity index (χ1v) is 8.49. The maximum Gasteiger partial charge on any atom is 0.130 e. The molecule has 24 heavy (non-hydrogen) atoms. The van der Waals surface area contributed by atoms with E-state index in [1.54, 1.807) is 7.11 Å². The Morgan fingerprint density at radius 1 is 0.917 bits per heavy atom. The van der Waals surface area contributed by atoms with Crippen molar-refractivity contribution in [2.24, 2.45) is 5.41 Å². The summed E-state index contributed by atoms with van der Waals surface area (Å²) in [5.74, 6) is 3.33. The van der Waals surface area contributed by atoms with Gasteiger partial charge in [-0.2, -0.15) is 0 Å². The first-order chi connectivity index (χ1) is 11.4. The van der Waals surface area contributed by atoms with Crippen LogP contribution >= 0.6 is 0 Å². The topological polar surface area (TPSA) is 27.7 Å². The third-order valence-electron chi connectivity index (χ3n) is 3.99. The molecule has 0 atom stereocenters. The summed E-state index contributed by atoms with van der Waals surface area (Å²) in [5, 5.41) is 0. The Morgan fingerprint density at radius 2 is 1.54 bits per heavy atom. The zero-order valence-electron chi connectivity index (χ0n) is 15.4. The van der Waals surface area contributed by atoms with Crippen molar-refractivity contribution in [2.45, 2.75) is 40.5 Å². The SMILES string of the molecule is CCCC(C)(C)COc1ccc(Oc2ccc(OC)cc2)c(C)c1. The fraction of sp³-hybridized carbons (Fsp3) is 0.429. The van der Waals surface area contributed by atoms with Gasteiger partial charge in [0.05, 0.1) is 13.7 Å². The number of ether oxygens (including phenoxy) is 3. The van der Waals surface area contributed by atoms with Crippen LogP contribution in [-0.2, 0) is 0 Å². The van der Waals surface area contributed by atoms with Crippen LogP contribution in [0.1, 0.15) is 39.2 Å². The predicted octanol–water partition coefficient (Wildman–Crippen LogP) is 6.00. The average molecular weight is 328 g/mol. The van der Waals surface area contributed by atoms with E-state index in [0.717, 1.165) is 41.6 Å². The maximum atomic E-state index is 5.97. The van der Waals surface area contributed by atoms with E-state index in [1.165, 1.54) is 6.42 Å². The third-order valence-corrected chi connectivity index (χ3v) is 3.99. The molecule has 2 rings (SSSR count). The molecule has 3 nitrogen and oxygen atoms in total. The highest BCUT2D eigenvalue weighted by Crippen LogP contribution is 2.30. The second-order valence-corrected chi connectivity index (χ2v) is 6.91. The molecule has 3 heteroatoms. The summed E-state index contributed by atoms with van der Waals surface area (Å²) in [6.45, 7) is 9.44. The fourth-order valence-electron chi connectivity index (χ4n) is 2.62. The summed E-state index contributed by atoms with van der Waals surface area (Å²) in [7, 11) is 1.65. The number of hydrogen-bond acceptors (Lipinski definition) is 3. The molecule has 0 N–H and O–H groups in total. The van der Waals surface area contributed by atoms with Crippen molar-refractivity contribution >= 4 is 0 Å². The van der Waals surface area contributed by atoms with E-state index < -0.39 is 0 Å². The van der Waals surface area contributed by atoms with E-state index in [0.29, 0.717) is 0 Å². The van der Waals surface area contributed by atoms with Crippen LogP contribution in [0.2, 0.25) is 0 Å². The number of benzene rings is 2. The van der Waals surface area contributed by atoms with Gasteiger partial charge in [0, 0.05) is 0 Å². The molecule has 0 heterocycles. The van der Waals surface area contributed by atoms with E-state index in [-0.39, 0.29) is 5.41 Å². The summed E-state index contributed by atoms with van der Waals surface area (Å²) >= 11 is 0. The van der Waals surface area contributed by atoms with Crippen LogP contribution in [0.25, 0.3) is 0 Å². The average Bonchev–Trinajstić information content (AvgIpc) is 2.56. The van der Waals surface area contributed by atoms with Crippen molar-refractivity contribution in [2.75, 3.05) is 13.7 Å². The highest BCUT2D eigenvalue weighted by Gasteiger charge is 2.17. The van der Waals surface area contributed by atoms with E-state index in [4.69, 9.17) is 14.2 Å². The molecule has 0 aliphatic rings. The first-order valence-electron chi connectivity index (χ1n) is 8.49. The van der Waals surface area contributed by atoms with Crippen molar-refractivity contribution in [1.82, 2.24) is 0 Å². The zero-order chi connectivity index (χ0) is 17.6. The number of aryl methyl sites for hydroxylation is 1. The molecule has 0 radical (unpaired) electrons. The molecular formula is C21H28O3. The van der Waals surface area contributed by atoms with Crippen molar-refractivity contribution in [1.29, 1.82) is 0 Å². The van der Waals surface area contributed by atoms with Crippen molar-refractivity contribution in [3.05, 3.63) is 48.0 Å². The Kier molecular flexibility index (Phi) is 6.13. The molecule has 2 aromatic carbocycles. The Morgan fingerprint density at radius 3 is 2.12 bits per heavy atom. The summed E-state index contributed by atoms with van der Waals surface area (Å²) in [6, 6.07) is 13.5. The second-order valence-electron chi connectivity index (χ2n) is 6.91. The minimum absolute atomic E-state index is 0.195. The normalized spacial score (nSPS) is 11.2. The van der Waals surface area contributed by atoms with Gasteiger partial charge in [-0.15, -0.1) is 0 Å². The van der Waals surface area contributed by atoms with Gasteiger partial charge in [-0.1, -0.05) is 27.2 Å². The van der Waals surface area contributed by atoms with Crippen LogP contribution in [0.3, 0.4) is 0 Å². The molecule has 130 valence electrons. The highest BCUT2D eigenvalue weighted by atomic mass is 16.5. The minimum atomic E-state index is 0.195. The van der Waals surface area contributed by atoms with Crippen LogP contribution in [0, 0.1) is 12.3 Å². The molecule has 0 fully saturated rings. The lowest BCUT2D eigenvalue weighted by molar-refractivity contribution is 0.168. The standard InChI is InChI=1S/C21H28O3/c1-6-13-21(3,4)15-23-19-11-12-20(16(2)14-19)24-18-9-7-17(22-5)8-10-18/h7-12,14H,6,13,15H2,1-5H3. The Bertz CT molecular complexity index is 645. The molecule has 0 saturated heterocycles. The summed E-state index contributed by atoms with van der Waals surface area (Å²) in [4.78, 5) is 0. The molecule has 0 spiro atoms. The lowest BCUT2D eigenvalue weighted by atomic mass is 9.89. The molecule has 0 amide bonds. The predicted molar refractivity (Wildman–Crippen MR) is 98.4 cm³/mol. The molecule has 0 aliphatic heterocycles. The zero-order valence-corrected chi connectivity index (χ0v) is 15.4. The molecule has 0 aliphatic carbocycles. The number of methoxy groups -OCH3 is 1. The lowest BCUT2D eigenvalue weighted by Gasteiger charge is -2.24. The monoisotopic (exact) mass is 328 g/mol. The van der Waals surface area contributed by atoms with E-state index >= 15 is 0 Å². The van der Waals surface area contributed by atoms with Gasteiger partial charge in [-0.25, -0.2) is 0 Å². The molecule has 0 saturated carbocycles. The largest absolute Gasteiger partial charge is 0.497 e. The van der Waals surface area contributed by atoms with Gasteiger partial charge in [0.15, 0.2) is 0 Å². The molecular weight excluding hydrogens is 300 g/mol. The minimum Gasteiger partial charge on any atom is -0.497 e. The molecule has 2 aromatic rings. The fourth-order valence-corrected chi connectivity index (χ4v) is 2.62.